The molecule has 0 aliphatic carbocycles. The largest absolute Gasteiger partial charge is 0.328 e. The number of fused-ring (bicyclic) bond motifs is 1. The van der Waals surface area contributed by atoms with Gasteiger partial charge >= 0.3 is 0 Å². The predicted octanol–water partition coefficient (Wildman–Crippen LogP) is 4.30. The summed E-state index contributed by atoms with van der Waals surface area (Å²) in [6.07, 6.45) is 6.77. The molecule has 1 amide bonds. The fourth-order valence-corrected chi connectivity index (χ4v) is 7.63. The van der Waals surface area contributed by atoms with Gasteiger partial charge in [0.05, 0.1) is 5.92 Å². The van der Waals surface area contributed by atoms with Crippen molar-refractivity contribution in [1.82, 2.24) is 13.9 Å². The molecule has 1 aromatic carbocycles. The van der Waals surface area contributed by atoms with Crippen LogP contribution in [0.1, 0.15) is 36.3 Å². The lowest BCUT2D eigenvalue weighted by molar-refractivity contribution is -0.120. The monoisotopic (exact) mass is 484 g/mol. The van der Waals surface area contributed by atoms with Crippen molar-refractivity contribution in [2.45, 2.75) is 49.8 Å². The average Bonchev–Trinajstić information content (AvgIpc) is 3.46. The molecule has 33 heavy (non-hydrogen) atoms. The molecule has 0 saturated carbocycles. The van der Waals surface area contributed by atoms with Crippen LogP contribution in [-0.2, 0) is 27.8 Å². The standard InChI is InChI=1S/C24H28N4O3S2/c1-17-7-12-22(32-17)33(30,31)27-13-4-5-19(16-27)24(29)26-20-10-8-18(9-11-20)23-25-15-21-6-2-3-14-28(21)23/h7-12,15,19H,2-6,13-14,16H2,1H3,(H,26,29). The molecule has 7 nitrogen and oxygen atoms in total. The third-order valence-corrected chi connectivity index (χ3v) is 9.81. The number of carbonyl (C=O) groups excluding carboxylic acids is 1. The van der Waals surface area contributed by atoms with E-state index in [9.17, 15) is 13.2 Å². The van der Waals surface area contributed by atoms with Crippen LogP contribution in [0, 0.1) is 12.8 Å². The van der Waals surface area contributed by atoms with E-state index in [1.165, 1.54) is 34.2 Å². The Kier molecular flexibility index (Phi) is 6.11. The first kappa shape index (κ1) is 22.3. The summed E-state index contributed by atoms with van der Waals surface area (Å²) in [6, 6.07) is 11.2. The number of hydrogen-bond donors (Lipinski definition) is 1. The average molecular weight is 485 g/mol. The van der Waals surface area contributed by atoms with Crippen molar-refractivity contribution in [3.63, 3.8) is 0 Å². The first-order valence-electron chi connectivity index (χ1n) is 11.4. The summed E-state index contributed by atoms with van der Waals surface area (Å²) in [5.41, 5.74) is 3.02. The van der Waals surface area contributed by atoms with Gasteiger partial charge in [0.1, 0.15) is 10.0 Å². The van der Waals surface area contributed by atoms with Gasteiger partial charge in [-0.25, -0.2) is 13.4 Å². The van der Waals surface area contributed by atoms with Crippen molar-refractivity contribution in [2.75, 3.05) is 18.4 Å². The Morgan fingerprint density at radius 3 is 2.67 bits per heavy atom. The van der Waals surface area contributed by atoms with Crippen molar-refractivity contribution in [3.8, 4) is 11.4 Å². The molecule has 1 saturated heterocycles. The van der Waals surface area contributed by atoms with Gasteiger partial charge in [0, 0.05) is 47.7 Å². The quantitative estimate of drug-likeness (QED) is 0.585. The van der Waals surface area contributed by atoms with Gasteiger partial charge in [0.15, 0.2) is 0 Å². The third-order valence-electron chi connectivity index (χ3n) is 6.48. The molecule has 4 heterocycles. The Morgan fingerprint density at radius 1 is 1.09 bits per heavy atom. The number of sulfonamides is 1. The normalized spacial score (nSPS) is 19.2. The van der Waals surface area contributed by atoms with Gasteiger partial charge in [-0.1, -0.05) is 0 Å². The highest BCUT2D eigenvalue weighted by atomic mass is 32.2. The SMILES string of the molecule is Cc1ccc(S(=O)(=O)N2CCCC(C(=O)Nc3ccc(-c4ncc5n4CCCC5)cc3)C2)s1. The predicted molar refractivity (Wildman–Crippen MR) is 130 cm³/mol. The molecular weight excluding hydrogens is 456 g/mol. The number of rotatable bonds is 5. The maximum atomic E-state index is 13.0. The van der Waals surface area contributed by atoms with Crippen LogP contribution in [0.5, 0.6) is 0 Å². The molecule has 1 N–H and O–H groups in total. The zero-order valence-corrected chi connectivity index (χ0v) is 20.3. The van der Waals surface area contributed by atoms with E-state index < -0.39 is 10.0 Å². The van der Waals surface area contributed by atoms with Crippen molar-refractivity contribution >= 4 is 33.0 Å². The first-order valence-corrected chi connectivity index (χ1v) is 13.7. The Bertz CT molecular complexity index is 1260. The van der Waals surface area contributed by atoms with Crippen LogP contribution in [0.2, 0.25) is 0 Å². The number of anilines is 1. The summed E-state index contributed by atoms with van der Waals surface area (Å²) in [4.78, 5) is 18.5. The van der Waals surface area contributed by atoms with Gasteiger partial charge in [-0.2, -0.15) is 4.31 Å². The second-order valence-electron chi connectivity index (χ2n) is 8.82. The fourth-order valence-electron chi connectivity index (χ4n) is 4.67. The number of amides is 1. The van der Waals surface area contributed by atoms with Crippen molar-refractivity contribution in [3.05, 3.63) is 53.2 Å². The highest BCUT2D eigenvalue weighted by Crippen LogP contribution is 2.29. The zero-order valence-electron chi connectivity index (χ0n) is 18.7. The third kappa shape index (κ3) is 4.49. The number of carbonyl (C=O) groups is 1. The van der Waals surface area contributed by atoms with E-state index in [-0.39, 0.29) is 18.4 Å². The van der Waals surface area contributed by atoms with E-state index in [1.807, 2.05) is 43.5 Å². The Balaban J connectivity index is 1.25. The summed E-state index contributed by atoms with van der Waals surface area (Å²) >= 11 is 1.27. The molecule has 2 aliphatic rings. The molecular formula is C24H28N4O3S2. The zero-order chi connectivity index (χ0) is 23.0. The van der Waals surface area contributed by atoms with Gasteiger partial charge in [-0.3, -0.25) is 4.79 Å². The van der Waals surface area contributed by atoms with Crippen LogP contribution in [0.4, 0.5) is 5.69 Å². The molecule has 1 atom stereocenters. The molecule has 2 aliphatic heterocycles. The number of thiophene rings is 1. The number of nitrogens with one attached hydrogen (secondary N) is 1. The van der Waals surface area contributed by atoms with Gasteiger partial charge in [-0.05, 0) is 75.4 Å². The molecule has 2 aromatic heterocycles. The second-order valence-corrected chi connectivity index (χ2v) is 12.3. The molecule has 1 fully saturated rings. The van der Waals surface area contributed by atoms with E-state index >= 15 is 0 Å². The Hall–Kier alpha value is -2.49. The molecule has 0 bridgehead atoms. The number of hydrogen-bond acceptors (Lipinski definition) is 5. The lowest BCUT2D eigenvalue weighted by Gasteiger charge is -2.30. The molecule has 9 heteroatoms. The van der Waals surface area contributed by atoms with E-state index in [0.717, 1.165) is 29.2 Å². The topological polar surface area (TPSA) is 84.3 Å². The van der Waals surface area contributed by atoms with Crippen LogP contribution in [0.15, 0.2) is 46.8 Å². The number of aryl methyl sites for hydroxylation is 2. The van der Waals surface area contributed by atoms with Gasteiger partial charge in [-0.15, -0.1) is 11.3 Å². The van der Waals surface area contributed by atoms with Crippen LogP contribution >= 0.6 is 11.3 Å². The molecule has 174 valence electrons. The number of imidazole rings is 1. The Morgan fingerprint density at radius 2 is 1.91 bits per heavy atom. The minimum atomic E-state index is -3.56. The number of benzene rings is 1. The van der Waals surface area contributed by atoms with E-state index in [2.05, 4.69) is 14.9 Å². The minimum absolute atomic E-state index is 0.136. The summed E-state index contributed by atoms with van der Waals surface area (Å²) in [6.45, 7) is 3.55. The van der Waals surface area contributed by atoms with Crippen molar-refractivity contribution < 1.29 is 13.2 Å². The second kappa shape index (κ2) is 9.04. The molecule has 3 aromatic rings. The first-order chi connectivity index (χ1) is 15.9. The van der Waals surface area contributed by atoms with Gasteiger partial charge in [0.25, 0.3) is 10.0 Å². The number of nitrogens with zero attached hydrogens (tertiary/aromatic N) is 3. The smallest absolute Gasteiger partial charge is 0.252 e. The summed E-state index contributed by atoms with van der Waals surface area (Å²) < 4.78 is 30.0. The molecule has 1 unspecified atom stereocenters. The summed E-state index contributed by atoms with van der Waals surface area (Å²) in [5.74, 6) is 0.469. The number of aromatic nitrogens is 2. The van der Waals surface area contributed by atoms with Gasteiger partial charge in [0.2, 0.25) is 5.91 Å². The minimum Gasteiger partial charge on any atom is -0.328 e. The highest BCUT2D eigenvalue weighted by Gasteiger charge is 2.34. The highest BCUT2D eigenvalue weighted by molar-refractivity contribution is 7.91. The molecule has 5 rings (SSSR count). The molecule has 0 spiro atoms. The molecule has 0 radical (unpaired) electrons. The van der Waals surface area contributed by atoms with Crippen LogP contribution in [0.3, 0.4) is 0 Å². The van der Waals surface area contributed by atoms with Crippen LogP contribution in [-0.4, -0.2) is 41.3 Å². The van der Waals surface area contributed by atoms with E-state index in [0.29, 0.717) is 29.3 Å². The maximum absolute atomic E-state index is 13.0. The Labute approximate surface area is 198 Å². The number of piperidine rings is 1. The lowest BCUT2D eigenvalue weighted by Crippen LogP contribution is -2.43. The lowest BCUT2D eigenvalue weighted by atomic mass is 9.98. The maximum Gasteiger partial charge on any atom is 0.252 e. The summed E-state index contributed by atoms with van der Waals surface area (Å²) in [7, 11) is -3.56. The van der Waals surface area contributed by atoms with Crippen molar-refractivity contribution in [1.29, 1.82) is 0 Å². The van der Waals surface area contributed by atoms with E-state index in [1.54, 1.807) is 6.07 Å². The van der Waals surface area contributed by atoms with Crippen LogP contribution < -0.4 is 5.32 Å². The van der Waals surface area contributed by atoms with Gasteiger partial charge < -0.3 is 9.88 Å². The van der Waals surface area contributed by atoms with E-state index in [4.69, 9.17) is 0 Å². The summed E-state index contributed by atoms with van der Waals surface area (Å²) in [5, 5.41) is 2.98. The fraction of sp³-hybridized carbons (Fsp3) is 0.417. The van der Waals surface area contributed by atoms with Crippen LogP contribution in [0.25, 0.3) is 11.4 Å². The van der Waals surface area contributed by atoms with Crippen molar-refractivity contribution in [2.24, 2.45) is 5.92 Å².